The number of piperidine rings is 1. The number of benzene rings is 1. The second kappa shape index (κ2) is 6.61. The van der Waals surface area contributed by atoms with Crippen LogP contribution in [0.1, 0.15) is 23.2 Å². The number of esters is 1. The van der Waals surface area contributed by atoms with Gasteiger partial charge in [0.1, 0.15) is 0 Å². The number of hydrogen-bond acceptors (Lipinski definition) is 4. The first kappa shape index (κ1) is 15.4. The van der Waals surface area contributed by atoms with Crippen LogP contribution < -0.4 is 4.90 Å². The fourth-order valence-electron chi connectivity index (χ4n) is 2.62. The number of ether oxygens (including phenoxy) is 1. The molecule has 1 aromatic carbocycles. The van der Waals surface area contributed by atoms with Gasteiger partial charge < -0.3 is 14.5 Å². The van der Waals surface area contributed by atoms with E-state index in [0.29, 0.717) is 18.7 Å². The Balaban J connectivity index is 2.12. The van der Waals surface area contributed by atoms with E-state index in [1.165, 1.54) is 7.11 Å². The summed E-state index contributed by atoms with van der Waals surface area (Å²) in [5, 5.41) is 0. The Morgan fingerprint density at radius 1 is 1.33 bits per heavy atom. The third-order valence-electron chi connectivity index (χ3n) is 3.85. The van der Waals surface area contributed by atoms with E-state index in [1.54, 1.807) is 4.90 Å². The fourth-order valence-corrected chi connectivity index (χ4v) is 2.62. The molecule has 1 fully saturated rings. The van der Waals surface area contributed by atoms with E-state index in [9.17, 15) is 9.59 Å². The highest BCUT2D eigenvalue weighted by Gasteiger charge is 2.29. The first-order valence-electron chi connectivity index (χ1n) is 7.17. The first-order valence-corrected chi connectivity index (χ1v) is 7.17. The summed E-state index contributed by atoms with van der Waals surface area (Å²) >= 11 is 0. The number of carbonyl (C=O) groups excluding carboxylic acids is 2. The van der Waals surface area contributed by atoms with Crippen molar-refractivity contribution in [3.63, 3.8) is 0 Å². The summed E-state index contributed by atoms with van der Waals surface area (Å²) < 4.78 is 4.79. The van der Waals surface area contributed by atoms with Crippen molar-refractivity contribution >= 4 is 17.6 Å². The lowest BCUT2D eigenvalue weighted by atomic mass is 9.97. The summed E-state index contributed by atoms with van der Waals surface area (Å²) in [5.74, 6) is -0.452. The molecule has 1 aliphatic rings. The minimum Gasteiger partial charge on any atom is -0.469 e. The zero-order chi connectivity index (χ0) is 15.4. The van der Waals surface area contributed by atoms with Crippen LogP contribution in [-0.2, 0) is 9.53 Å². The van der Waals surface area contributed by atoms with E-state index in [0.717, 1.165) is 18.5 Å². The third kappa shape index (κ3) is 3.54. The van der Waals surface area contributed by atoms with Crippen LogP contribution in [0, 0.1) is 5.92 Å². The van der Waals surface area contributed by atoms with Gasteiger partial charge >= 0.3 is 5.97 Å². The molecular weight excluding hydrogens is 268 g/mol. The Labute approximate surface area is 125 Å². The molecule has 114 valence electrons. The molecule has 1 aromatic rings. The third-order valence-corrected chi connectivity index (χ3v) is 3.85. The van der Waals surface area contributed by atoms with Crippen molar-refractivity contribution in [2.45, 2.75) is 12.8 Å². The second-order valence-corrected chi connectivity index (χ2v) is 5.56. The highest BCUT2D eigenvalue weighted by Crippen LogP contribution is 2.21. The van der Waals surface area contributed by atoms with Crippen molar-refractivity contribution in [2.24, 2.45) is 5.92 Å². The molecule has 0 saturated carbocycles. The topological polar surface area (TPSA) is 49.9 Å². The molecule has 5 heteroatoms. The molecule has 5 nitrogen and oxygen atoms in total. The van der Waals surface area contributed by atoms with Gasteiger partial charge in [0.15, 0.2) is 0 Å². The van der Waals surface area contributed by atoms with Gasteiger partial charge in [-0.3, -0.25) is 9.59 Å². The van der Waals surface area contributed by atoms with E-state index in [1.807, 2.05) is 43.3 Å². The number of anilines is 1. The molecular formula is C16H22N2O3. The molecule has 1 unspecified atom stereocenters. The van der Waals surface area contributed by atoms with Gasteiger partial charge in [0, 0.05) is 38.4 Å². The number of methoxy groups -OCH3 is 1. The minimum absolute atomic E-state index is 0.0210. The lowest BCUT2D eigenvalue weighted by molar-refractivity contribution is -0.146. The minimum atomic E-state index is -0.227. The normalized spacial score (nSPS) is 18.2. The SMILES string of the molecule is COC(=O)C1CCCN(C(=O)c2cccc(N(C)C)c2)C1. The van der Waals surface area contributed by atoms with Crippen molar-refractivity contribution < 1.29 is 14.3 Å². The summed E-state index contributed by atoms with van der Waals surface area (Å²) in [7, 11) is 5.28. The lowest BCUT2D eigenvalue weighted by Gasteiger charge is -2.31. The second-order valence-electron chi connectivity index (χ2n) is 5.56. The van der Waals surface area contributed by atoms with Gasteiger partial charge in [-0.1, -0.05) is 6.07 Å². The summed E-state index contributed by atoms with van der Waals surface area (Å²) in [6.07, 6.45) is 1.62. The predicted molar refractivity (Wildman–Crippen MR) is 81.4 cm³/mol. The summed E-state index contributed by atoms with van der Waals surface area (Å²) in [6.45, 7) is 1.14. The Bertz CT molecular complexity index is 528. The van der Waals surface area contributed by atoms with Gasteiger partial charge in [0.2, 0.25) is 0 Å². The van der Waals surface area contributed by atoms with E-state index in [2.05, 4.69) is 0 Å². The summed E-state index contributed by atoms with van der Waals surface area (Å²) in [4.78, 5) is 27.9. The summed E-state index contributed by atoms with van der Waals surface area (Å²) in [5.41, 5.74) is 1.65. The molecule has 0 spiro atoms. The van der Waals surface area contributed by atoms with Crippen LogP contribution in [0.3, 0.4) is 0 Å². The van der Waals surface area contributed by atoms with E-state index >= 15 is 0 Å². The quantitative estimate of drug-likeness (QED) is 0.796. The zero-order valence-corrected chi connectivity index (χ0v) is 12.8. The van der Waals surface area contributed by atoms with Crippen molar-refractivity contribution in [2.75, 3.05) is 39.2 Å². The van der Waals surface area contributed by atoms with Crippen LogP contribution in [-0.4, -0.2) is 51.1 Å². The van der Waals surface area contributed by atoms with Crippen LogP contribution >= 0.6 is 0 Å². The van der Waals surface area contributed by atoms with Crippen molar-refractivity contribution in [3.8, 4) is 0 Å². The Kier molecular flexibility index (Phi) is 4.83. The number of likely N-dealkylation sites (tertiary alicyclic amines) is 1. The molecule has 0 radical (unpaired) electrons. The standard InChI is InChI=1S/C16H22N2O3/c1-17(2)14-8-4-6-12(10-14)15(19)18-9-5-7-13(11-18)16(20)21-3/h4,6,8,10,13H,5,7,9,11H2,1-3H3. The van der Waals surface area contributed by atoms with Gasteiger partial charge in [0.25, 0.3) is 5.91 Å². The van der Waals surface area contributed by atoms with Gasteiger partial charge in [-0.25, -0.2) is 0 Å². The average Bonchev–Trinajstić information content (AvgIpc) is 2.53. The van der Waals surface area contributed by atoms with Gasteiger partial charge in [-0.15, -0.1) is 0 Å². The van der Waals surface area contributed by atoms with Crippen molar-refractivity contribution in [3.05, 3.63) is 29.8 Å². The first-order chi connectivity index (χ1) is 10.0. The predicted octanol–water partition coefficient (Wildman–Crippen LogP) is 1.78. The molecule has 0 N–H and O–H groups in total. The lowest BCUT2D eigenvalue weighted by Crippen LogP contribution is -2.42. The number of rotatable bonds is 3. The molecule has 1 aliphatic heterocycles. The molecule has 1 amide bonds. The Morgan fingerprint density at radius 2 is 2.10 bits per heavy atom. The molecule has 0 bridgehead atoms. The maximum Gasteiger partial charge on any atom is 0.310 e. The van der Waals surface area contributed by atoms with Gasteiger partial charge in [-0.05, 0) is 31.0 Å². The summed E-state index contributed by atoms with van der Waals surface area (Å²) in [6, 6.07) is 7.54. The van der Waals surface area contributed by atoms with Crippen LogP contribution in [0.15, 0.2) is 24.3 Å². The van der Waals surface area contributed by atoms with E-state index < -0.39 is 0 Å². The molecule has 1 atom stereocenters. The van der Waals surface area contributed by atoms with E-state index in [4.69, 9.17) is 4.74 Å². The average molecular weight is 290 g/mol. The van der Waals surface area contributed by atoms with E-state index in [-0.39, 0.29) is 17.8 Å². The van der Waals surface area contributed by atoms with Crippen LogP contribution in [0.2, 0.25) is 0 Å². The number of carbonyl (C=O) groups is 2. The highest BCUT2D eigenvalue weighted by molar-refractivity contribution is 5.95. The molecule has 21 heavy (non-hydrogen) atoms. The largest absolute Gasteiger partial charge is 0.469 e. The molecule has 0 aliphatic carbocycles. The number of nitrogens with zero attached hydrogens (tertiary/aromatic N) is 2. The fraction of sp³-hybridized carbons (Fsp3) is 0.500. The molecule has 2 rings (SSSR count). The Hall–Kier alpha value is -2.04. The number of hydrogen-bond donors (Lipinski definition) is 0. The Morgan fingerprint density at radius 3 is 2.76 bits per heavy atom. The molecule has 1 saturated heterocycles. The van der Waals surface area contributed by atoms with Crippen LogP contribution in [0.25, 0.3) is 0 Å². The monoisotopic (exact) mass is 290 g/mol. The van der Waals surface area contributed by atoms with Gasteiger partial charge in [-0.2, -0.15) is 0 Å². The molecule has 1 heterocycles. The highest BCUT2D eigenvalue weighted by atomic mass is 16.5. The maximum atomic E-state index is 12.6. The van der Waals surface area contributed by atoms with Gasteiger partial charge in [0.05, 0.1) is 13.0 Å². The number of amides is 1. The van der Waals surface area contributed by atoms with Crippen molar-refractivity contribution in [1.29, 1.82) is 0 Å². The maximum absolute atomic E-state index is 12.6. The smallest absolute Gasteiger partial charge is 0.310 e. The van der Waals surface area contributed by atoms with Crippen molar-refractivity contribution in [1.82, 2.24) is 4.90 Å². The van der Waals surface area contributed by atoms with Crippen LogP contribution in [0.4, 0.5) is 5.69 Å². The van der Waals surface area contributed by atoms with Crippen LogP contribution in [0.5, 0.6) is 0 Å². The molecule has 0 aromatic heterocycles. The zero-order valence-electron chi connectivity index (χ0n) is 12.8.